The number of hydroxylamine groups is 3. The highest BCUT2D eigenvalue weighted by Gasteiger charge is 2.41. The molecular formula is C11H23NO2. The van der Waals surface area contributed by atoms with Gasteiger partial charge in [0, 0.05) is 0 Å². The lowest BCUT2D eigenvalue weighted by Crippen LogP contribution is -2.64. The van der Waals surface area contributed by atoms with Gasteiger partial charge in [-0.3, -0.25) is 0 Å². The summed E-state index contributed by atoms with van der Waals surface area (Å²) in [5.74, 6) is 0. The van der Waals surface area contributed by atoms with Gasteiger partial charge in [-0.2, -0.15) is 0 Å². The molecule has 0 aliphatic carbocycles. The third-order valence-electron chi connectivity index (χ3n) is 3.61. The number of hydrogen-bond acceptors (Lipinski definition) is 2. The molecule has 1 heterocycles. The number of nitrogens with zero attached hydrogens (tertiary/aromatic N) is 1. The standard InChI is InChI=1S/C11H23NO2/c1-5-9-8-14-11(7-3)10(6-2)12(9,4)13/h9-11H,5-8H2,1-4H3. The van der Waals surface area contributed by atoms with E-state index < -0.39 is 0 Å². The second-order valence-electron chi connectivity index (χ2n) is 4.38. The third-order valence-corrected chi connectivity index (χ3v) is 3.61. The van der Waals surface area contributed by atoms with Crippen molar-refractivity contribution in [2.24, 2.45) is 0 Å². The highest BCUT2D eigenvalue weighted by Crippen LogP contribution is 2.30. The molecule has 0 bridgehead atoms. The highest BCUT2D eigenvalue weighted by atomic mass is 16.6. The first-order chi connectivity index (χ1) is 6.57. The van der Waals surface area contributed by atoms with E-state index >= 15 is 0 Å². The quantitative estimate of drug-likeness (QED) is 0.518. The molecule has 14 heavy (non-hydrogen) atoms. The third kappa shape index (κ3) is 1.95. The summed E-state index contributed by atoms with van der Waals surface area (Å²) in [6.45, 7) is 6.88. The number of ether oxygens (including phenoxy) is 1. The Kier molecular flexibility index (Phi) is 3.93. The fourth-order valence-electron chi connectivity index (χ4n) is 2.59. The van der Waals surface area contributed by atoms with Gasteiger partial charge in [0.05, 0.1) is 13.7 Å². The van der Waals surface area contributed by atoms with Gasteiger partial charge in [-0.05, 0) is 19.3 Å². The van der Waals surface area contributed by atoms with E-state index in [4.69, 9.17) is 4.74 Å². The minimum absolute atomic E-state index is 0.106. The maximum Gasteiger partial charge on any atom is 0.115 e. The molecule has 1 saturated heterocycles. The summed E-state index contributed by atoms with van der Waals surface area (Å²) in [5.41, 5.74) is 0. The van der Waals surface area contributed by atoms with Crippen LogP contribution >= 0.6 is 0 Å². The van der Waals surface area contributed by atoms with Crippen LogP contribution in [0.15, 0.2) is 0 Å². The molecule has 0 saturated carbocycles. The van der Waals surface area contributed by atoms with Gasteiger partial charge in [0.2, 0.25) is 0 Å². The van der Waals surface area contributed by atoms with E-state index in [0.717, 1.165) is 19.3 Å². The molecular weight excluding hydrogens is 178 g/mol. The van der Waals surface area contributed by atoms with Crippen LogP contribution in [0.4, 0.5) is 0 Å². The van der Waals surface area contributed by atoms with Crippen LogP contribution in [0.2, 0.25) is 0 Å². The minimum Gasteiger partial charge on any atom is -0.632 e. The minimum atomic E-state index is -0.106. The van der Waals surface area contributed by atoms with Crippen molar-refractivity contribution < 1.29 is 9.38 Å². The van der Waals surface area contributed by atoms with E-state index in [1.165, 1.54) is 0 Å². The van der Waals surface area contributed by atoms with Crippen LogP contribution in [-0.4, -0.2) is 36.5 Å². The molecule has 0 aromatic rings. The number of quaternary nitrogens is 1. The monoisotopic (exact) mass is 201 g/mol. The Hall–Kier alpha value is -0.120. The molecule has 84 valence electrons. The second-order valence-corrected chi connectivity index (χ2v) is 4.38. The van der Waals surface area contributed by atoms with Crippen molar-refractivity contribution in [2.75, 3.05) is 13.7 Å². The van der Waals surface area contributed by atoms with Gasteiger partial charge in [-0.1, -0.05) is 20.8 Å². The molecule has 0 amide bonds. The first-order valence-electron chi connectivity index (χ1n) is 5.76. The number of likely N-dealkylation sites (N-methyl/N-ethyl adjacent to an activating group) is 1. The smallest absolute Gasteiger partial charge is 0.115 e. The molecule has 0 aromatic heterocycles. The summed E-state index contributed by atoms with van der Waals surface area (Å²) in [4.78, 5) is 0. The van der Waals surface area contributed by atoms with Gasteiger partial charge in [-0.15, -0.1) is 0 Å². The number of hydrogen-bond donors (Lipinski definition) is 0. The van der Waals surface area contributed by atoms with Crippen molar-refractivity contribution >= 4 is 0 Å². The Morgan fingerprint density at radius 2 is 1.86 bits per heavy atom. The molecule has 1 fully saturated rings. The number of rotatable bonds is 3. The average molecular weight is 201 g/mol. The van der Waals surface area contributed by atoms with Crippen LogP contribution in [-0.2, 0) is 4.74 Å². The predicted molar refractivity (Wildman–Crippen MR) is 57.7 cm³/mol. The van der Waals surface area contributed by atoms with Crippen LogP contribution in [0.25, 0.3) is 0 Å². The zero-order valence-corrected chi connectivity index (χ0v) is 9.82. The summed E-state index contributed by atoms with van der Waals surface area (Å²) >= 11 is 0. The van der Waals surface area contributed by atoms with Crippen molar-refractivity contribution in [3.8, 4) is 0 Å². The van der Waals surface area contributed by atoms with Crippen LogP contribution in [0.3, 0.4) is 0 Å². The SMILES string of the molecule is CCC1OCC(CC)[N+](C)([O-])C1CC. The predicted octanol–water partition coefficient (Wildman–Crippen LogP) is 2.30. The fraction of sp³-hybridized carbons (Fsp3) is 1.00. The van der Waals surface area contributed by atoms with E-state index in [0.29, 0.717) is 6.61 Å². The normalized spacial score (nSPS) is 43.9. The van der Waals surface area contributed by atoms with Gasteiger partial charge >= 0.3 is 0 Å². The number of morpholine rings is 1. The highest BCUT2D eigenvalue weighted by molar-refractivity contribution is 4.77. The molecule has 3 heteroatoms. The fourth-order valence-corrected chi connectivity index (χ4v) is 2.59. The molecule has 3 nitrogen and oxygen atoms in total. The van der Waals surface area contributed by atoms with Crippen molar-refractivity contribution in [3.63, 3.8) is 0 Å². The van der Waals surface area contributed by atoms with Crippen LogP contribution < -0.4 is 0 Å². The van der Waals surface area contributed by atoms with E-state index in [1.807, 2.05) is 7.05 Å². The molecule has 4 atom stereocenters. The van der Waals surface area contributed by atoms with Crippen molar-refractivity contribution in [3.05, 3.63) is 5.21 Å². The van der Waals surface area contributed by atoms with Crippen molar-refractivity contribution in [1.29, 1.82) is 0 Å². The lowest BCUT2D eigenvalue weighted by molar-refractivity contribution is -0.924. The summed E-state index contributed by atoms with van der Waals surface area (Å²) in [5, 5.41) is 12.5. The maximum absolute atomic E-state index is 12.5. The van der Waals surface area contributed by atoms with Crippen LogP contribution in [0.1, 0.15) is 40.0 Å². The molecule has 0 aromatic carbocycles. The van der Waals surface area contributed by atoms with E-state index in [2.05, 4.69) is 20.8 Å². The van der Waals surface area contributed by atoms with E-state index in [-0.39, 0.29) is 22.8 Å². The van der Waals surface area contributed by atoms with Crippen LogP contribution in [0.5, 0.6) is 0 Å². The molecule has 1 aliphatic rings. The van der Waals surface area contributed by atoms with Crippen molar-refractivity contribution in [1.82, 2.24) is 0 Å². The molecule has 1 rings (SSSR count). The Morgan fingerprint density at radius 3 is 2.29 bits per heavy atom. The zero-order chi connectivity index (χ0) is 10.8. The summed E-state index contributed by atoms with van der Waals surface area (Å²) < 4.78 is 5.65. The average Bonchev–Trinajstić information content (AvgIpc) is 2.15. The molecule has 0 radical (unpaired) electrons. The van der Waals surface area contributed by atoms with Gasteiger partial charge in [-0.25, -0.2) is 0 Å². The Labute approximate surface area is 87.2 Å². The van der Waals surface area contributed by atoms with Gasteiger partial charge < -0.3 is 14.6 Å². The molecule has 4 unspecified atom stereocenters. The largest absolute Gasteiger partial charge is 0.632 e. The zero-order valence-electron chi connectivity index (χ0n) is 9.82. The van der Waals surface area contributed by atoms with Crippen molar-refractivity contribution in [2.45, 2.75) is 58.2 Å². The first-order valence-corrected chi connectivity index (χ1v) is 5.76. The van der Waals surface area contributed by atoms with Gasteiger partial charge in [0.15, 0.2) is 0 Å². The maximum atomic E-state index is 12.5. The lowest BCUT2D eigenvalue weighted by atomic mass is 9.98. The lowest BCUT2D eigenvalue weighted by Gasteiger charge is -2.56. The Bertz CT molecular complexity index is 182. The Balaban J connectivity index is 2.79. The van der Waals surface area contributed by atoms with Gasteiger partial charge in [0.1, 0.15) is 18.2 Å². The summed E-state index contributed by atoms with van der Waals surface area (Å²) in [7, 11) is 1.81. The molecule has 0 N–H and O–H groups in total. The topological polar surface area (TPSA) is 32.3 Å². The second kappa shape index (κ2) is 4.60. The molecule has 0 spiro atoms. The van der Waals surface area contributed by atoms with Gasteiger partial charge in [0.25, 0.3) is 0 Å². The molecule has 1 aliphatic heterocycles. The Morgan fingerprint density at radius 1 is 1.21 bits per heavy atom. The first kappa shape index (κ1) is 12.0. The summed E-state index contributed by atoms with van der Waals surface area (Å²) in [6.07, 6.45) is 2.93. The summed E-state index contributed by atoms with van der Waals surface area (Å²) in [6, 6.07) is 0.251. The van der Waals surface area contributed by atoms with E-state index in [9.17, 15) is 5.21 Å². The van der Waals surface area contributed by atoms with Crippen LogP contribution in [0, 0.1) is 5.21 Å². The van der Waals surface area contributed by atoms with E-state index in [1.54, 1.807) is 0 Å².